The van der Waals surface area contributed by atoms with Crippen LogP contribution in [-0.2, 0) is 13.1 Å². The van der Waals surface area contributed by atoms with E-state index in [-0.39, 0.29) is 23.8 Å². The number of carbonyl (C=O) groups excluding carboxylic acids is 1. The van der Waals surface area contributed by atoms with Crippen LogP contribution in [0.4, 0.5) is 4.39 Å². The molecular weight excluding hydrogens is 355 g/mol. The Bertz CT molecular complexity index is 985. The van der Waals surface area contributed by atoms with Crippen LogP contribution in [0.5, 0.6) is 0 Å². The van der Waals surface area contributed by atoms with E-state index in [4.69, 9.17) is 0 Å². The summed E-state index contributed by atoms with van der Waals surface area (Å²) in [5.74, 6) is -0.224. The summed E-state index contributed by atoms with van der Waals surface area (Å²) in [6.45, 7) is 2.92. The average Bonchev–Trinajstić information content (AvgIpc) is 3.34. The van der Waals surface area contributed by atoms with Crippen LogP contribution >= 0.6 is 0 Å². The normalized spacial score (nSPS) is 21.6. The molecule has 3 aromatic rings. The summed E-state index contributed by atoms with van der Waals surface area (Å²) in [5.41, 5.74) is 2.70. The van der Waals surface area contributed by atoms with Crippen LogP contribution in [0.1, 0.15) is 27.8 Å². The molecule has 0 spiro atoms. The van der Waals surface area contributed by atoms with Crippen LogP contribution in [0.25, 0.3) is 0 Å². The highest BCUT2D eigenvalue weighted by atomic mass is 19.1. The lowest BCUT2D eigenvalue weighted by atomic mass is 10.0. The van der Waals surface area contributed by atoms with Gasteiger partial charge in [0.2, 0.25) is 0 Å². The lowest BCUT2D eigenvalue weighted by Crippen LogP contribution is -2.49. The van der Waals surface area contributed by atoms with Crippen molar-refractivity contribution in [3.05, 3.63) is 89.8 Å². The zero-order valence-electron chi connectivity index (χ0n) is 15.4. The molecule has 4 heterocycles. The van der Waals surface area contributed by atoms with Gasteiger partial charge in [-0.25, -0.2) is 4.39 Å². The summed E-state index contributed by atoms with van der Waals surface area (Å²) in [6.07, 6.45) is 3.82. The number of amides is 1. The van der Waals surface area contributed by atoms with Gasteiger partial charge in [-0.05, 0) is 42.0 Å². The number of hydrogen-bond donors (Lipinski definition) is 0. The molecule has 0 bridgehead atoms. The van der Waals surface area contributed by atoms with Gasteiger partial charge >= 0.3 is 0 Å². The van der Waals surface area contributed by atoms with Gasteiger partial charge in [-0.3, -0.25) is 14.7 Å². The maximum Gasteiger partial charge on any atom is 0.271 e. The number of rotatable bonds is 4. The molecule has 0 unspecified atom stereocenters. The molecule has 2 atom stereocenters. The van der Waals surface area contributed by atoms with Crippen molar-refractivity contribution < 1.29 is 9.18 Å². The third kappa shape index (κ3) is 2.99. The first-order valence-corrected chi connectivity index (χ1v) is 9.53. The van der Waals surface area contributed by atoms with Gasteiger partial charge in [-0.2, -0.15) is 0 Å². The highest BCUT2D eigenvalue weighted by molar-refractivity contribution is 5.94. The van der Waals surface area contributed by atoms with Crippen LogP contribution in [0, 0.1) is 5.82 Å². The van der Waals surface area contributed by atoms with Crippen LogP contribution in [0.3, 0.4) is 0 Å². The minimum atomic E-state index is -0.261. The van der Waals surface area contributed by atoms with Crippen molar-refractivity contribution in [1.29, 1.82) is 0 Å². The van der Waals surface area contributed by atoms with E-state index in [9.17, 15) is 9.18 Å². The van der Waals surface area contributed by atoms with Crippen molar-refractivity contribution >= 4 is 5.91 Å². The summed E-state index contributed by atoms with van der Waals surface area (Å²) in [5, 5.41) is 0. The van der Waals surface area contributed by atoms with E-state index < -0.39 is 0 Å². The standard InChI is InChI=1S/C22H21FN4O/c23-17-8-6-16(7-9-17)12-27-21-15-25(13-18-4-1-2-10-24-18)14-20(21)26-11-3-5-19(26)22(27)28/h1-11,20-21H,12-15H2/t20-,21+/m1/s1. The first kappa shape index (κ1) is 17.1. The quantitative estimate of drug-likeness (QED) is 0.703. The molecule has 5 nitrogen and oxygen atoms in total. The summed E-state index contributed by atoms with van der Waals surface area (Å²) in [4.78, 5) is 21.9. The third-order valence-corrected chi connectivity index (χ3v) is 5.73. The molecule has 6 heteroatoms. The maximum absolute atomic E-state index is 13.3. The number of aromatic nitrogens is 2. The molecule has 2 aliphatic heterocycles. The molecule has 5 rings (SSSR count). The molecule has 1 amide bonds. The molecule has 142 valence electrons. The molecule has 0 radical (unpaired) electrons. The minimum absolute atomic E-state index is 0.0373. The molecule has 1 fully saturated rings. The number of pyridine rings is 1. The predicted molar refractivity (Wildman–Crippen MR) is 103 cm³/mol. The van der Waals surface area contributed by atoms with Crippen molar-refractivity contribution in [2.75, 3.05) is 13.1 Å². The van der Waals surface area contributed by atoms with Crippen LogP contribution in [0.2, 0.25) is 0 Å². The molecule has 2 aliphatic rings. The van der Waals surface area contributed by atoms with Gasteiger partial charge in [-0.15, -0.1) is 0 Å². The predicted octanol–water partition coefficient (Wildman–Crippen LogP) is 3.10. The third-order valence-electron chi connectivity index (χ3n) is 5.73. The van der Waals surface area contributed by atoms with E-state index >= 15 is 0 Å². The van der Waals surface area contributed by atoms with E-state index in [2.05, 4.69) is 14.5 Å². The smallest absolute Gasteiger partial charge is 0.271 e. The molecule has 28 heavy (non-hydrogen) atoms. The Balaban J connectivity index is 1.43. The Labute approximate surface area is 163 Å². The van der Waals surface area contributed by atoms with Gasteiger partial charge in [0.15, 0.2) is 0 Å². The zero-order valence-corrected chi connectivity index (χ0v) is 15.4. The molecule has 1 aromatic carbocycles. The summed E-state index contributed by atoms with van der Waals surface area (Å²) in [6, 6.07) is 16.5. The Morgan fingerprint density at radius 3 is 2.57 bits per heavy atom. The van der Waals surface area contributed by atoms with E-state index in [0.29, 0.717) is 6.54 Å². The van der Waals surface area contributed by atoms with Gasteiger partial charge in [-0.1, -0.05) is 18.2 Å². The summed E-state index contributed by atoms with van der Waals surface area (Å²) >= 11 is 0. The first-order chi connectivity index (χ1) is 13.7. The molecular formula is C22H21FN4O. The van der Waals surface area contributed by atoms with Crippen molar-refractivity contribution in [2.45, 2.75) is 25.2 Å². The molecule has 2 aromatic heterocycles. The molecule has 0 N–H and O–H groups in total. The van der Waals surface area contributed by atoms with Crippen molar-refractivity contribution in [2.24, 2.45) is 0 Å². The largest absolute Gasteiger partial charge is 0.337 e. The van der Waals surface area contributed by atoms with Crippen molar-refractivity contribution in [3.63, 3.8) is 0 Å². The molecule has 0 saturated carbocycles. The summed E-state index contributed by atoms with van der Waals surface area (Å²) in [7, 11) is 0. The van der Waals surface area contributed by atoms with Crippen LogP contribution in [-0.4, -0.2) is 44.4 Å². The lowest BCUT2D eigenvalue weighted by molar-refractivity contribution is 0.0556. The van der Waals surface area contributed by atoms with E-state index in [1.807, 2.05) is 47.6 Å². The fraction of sp³-hybridized carbons (Fsp3) is 0.273. The number of fused-ring (bicyclic) bond motifs is 3. The van der Waals surface area contributed by atoms with Crippen LogP contribution < -0.4 is 0 Å². The fourth-order valence-electron chi connectivity index (χ4n) is 4.41. The topological polar surface area (TPSA) is 41.4 Å². The average molecular weight is 376 g/mol. The first-order valence-electron chi connectivity index (χ1n) is 9.53. The Hall–Kier alpha value is -2.99. The Morgan fingerprint density at radius 2 is 1.79 bits per heavy atom. The second kappa shape index (κ2) is 6.87. The fourth-order valence-corrected chi connectivity index (χ4v) is 4.41. The Morgan fingerprint density at radius 1 is 0.964 bits per heavy atom. The number of hydrogen-bond acceptors (Lipinski definition) is 3. The van der Waals surface area contributed by atoms with Gasteiger partial charge in [0.25, 0.3) is 5.91 Å². The highest BCUT2D eigenvalue weighted by Gasteiger charge is 2.44. The monoisotopic (exact) mass is 376 g/mol. The Kier molecular flexibility index (Phi) is 4.20. The summed E-state index contributed by atoms with van der Waals surface area (Å²) < 4.78 is 15.4. The number of halogens is 1. The minimum Gasteiger partial charge on any atom is -0.337 e. The van der Waals surface area contributed by atoms with E-state index in [1.54, 1.807) is 12.1 Å². The SMILES string of the molecule is O=C1c2cccn2[C@@H]2CN(Cc3ccccn3)C[C@@H]2N1Cc1ccc(F)cc1. The second-order valence-electron chi connectivity index (χ2n) is 7.51. The van der Waals surface area contributed by atoms with Crippen LogP contribution in [0.15, 0.2) is 67.0 Å². The zero-order chi connectivity index (χ0) is 19.1. The highest BCUT2D eigenvalue weighted by Crippen LogP contribution is 2.35. The van der Waals surface area contributed by atoms with Gasteiger partial charge in [0.05, 0.1) is 17.8 Å². The van der Waals surface area contributed by atoms with Crippen molar-refractivity contribution in [1.82, 2.24) is 19.4 Å². The number of carbonyl (C=O) groups is 1. The van der Waals surface area contributed by atoms with Gasteiger partial charge in [0, 0.05) is 38.6 Å². The maximum atomic E-state index is 13.3. The molecule has 0 aliphatic carbocycles. The van der Waals surface area contributed by atoms with E-state index in [1.165, 1.54) is 12.1 Å². The molecule has 1 saturated heterocycles. The number of likely N-dealkylation sites (tertiary alicyclic amines) is 1. The lowest BCUT2D eigenvalue weighted by Gasteiger charge is -2.38. The van der Waals surface area contributed by atoms with Gasteiger partial charge < -0.3 is 9.47 Å². The van der Waals surface area contributed by atoms with Crippen molar-refractivity contribution in [3.8, 4) is 0 Å². The number of nitrogens with zero attached hydrogens (tertiary/aromatic N) is 4. The second-order valence-corrected chi connectivity index (χ2v) is 7.51. The van der Waals surface area contributed by atoms with E-state index in [0.717, 1.165) is 36.6 Å². The van der Waals surface area contributed by atoms with Gasteiger partial charge in [0.1, 0.15) is 11.5 Å². The number of benzene rings is 1.